The minimum Gasteiger partial charge on any atom is -0.481 e. The van der Waals surface area contributed by atoms with Gasteiger partial charge in [-0.3, -0.25) is 9.59 Å². The maximum Gasteiger partial charge on any atom is 0.305 e. The molecule has 0 radical (unpaired) electrons. The Kier molecular flexibility index (Phi) is 6.89. The summed E-state index contributed by atoms with van der Waals surface area (Å²) < 4.78 is 0. The fraction of sp³-hybridized carbons (Fsp3) is 0.714. The molecule has 78 valence electrons. The molecule has 0 aliphatic heterocycles. The quantitative estimate of drug-likeness (QED) is 0.272. The van der Waals surface area contributed by atoms with E-state index < -0.39 is 5.97 Å². The zero-order chi connectivity index (χ0) is 10.8. The summed E-state index contributed by atoms with van der Waals surface area (Å²) in [6.45, 7) is 0.415. The predicted molar refractivity (Wildman–Crippen MR) is 48.5 cm³/mol. The average molecular weight is 200 g/mol. The first-order valence-corrected chi connectivity index (χ1v) is 4.16. The van der Waals surface area contributed by atoms with Gasteiger partial charge >= 0.3 is 5.97 Å². The van der Waals surface area contributed by atoms with Crippen LogP contribution in [0.3, 0.4) is 0 Å². The van der Waals surface area contributed by atoms with Crippen LogP contribution in [0.25, 0.3) is 10.4 Å². The van der Waals surface area contributed by atoms with E-state index in [1.165, 1.54) is 0 Å². The van der Waals surface area contributed by atoms with Crippen molar-refractivity contribution < 1.29 is 14.7 Å². The number of aliphatic carboxylic acids is 1. The lowest BCUT2D eigenvalue weighted by molar-refractivity contribution is -0.136. The van der Waals surface area contributed by atoms with Gasteiger partial charge in [0.25, 0.3) is 0 Å². The van der Waals surface area contributed by atoms with Crippen LogP contribution in [0.2, 0.25) is 0 Å². The molecule has 1 amide bonds. The van der Waals surface area contributed by atoms with Gasteiger partial charge in [0.2, 0.25) is 5.91 Å². The zero-order valence-corrected chi connectivity index (χ0v) is 7.64. The molecule has 0 rings (SSSR count). The van der Waals surface area contributed by atoms with Gasteiger partial charge < -0.3 is 10.4 Å². The van der Waals surface area contributed by atoms with E-state index in [-0.39, 0.29) is 31.8 Å². The van der Waals surface area contributed by atoms with Gasteiger partial charge in [-0.15, -0.1) is 0 Å². The number of carbonyl (C=O) groups is 2. The summed E-state index contributed by atoms with van der Waals surface area (Å²) in [6.07, 6.45) is 0.643. The number of carboxylic acid groups (broad SMARTS) is 1. The highest BCUT2D eigenvalue weighted by molar-refractivity contribution is 5.76. The lowest BCUT2D eigenvalue weighted by Gasteiger charge is -2.01. The Morgan fingerprint density at radius 1 is 1.43 bits per heavy atom. The van der Waals surface area contributed by atoms with E-state index in [9.17, 15) is 9.59 Å². The van der Waals surface area contributed by atoms with Gasteiger partial charge in [-0.2, -0.15) is 0 Å². The first-order valence-electron chi connectivity index (χ1n) is 4.16. The molecule has 0 bridgehead atoms. The van der Waals surface area contributed by atoms with Crippen LogP contribution in [0.1, 0.15) is 19.3 Å². The van der Waals surface area contributed by atoms with Gasteiger partial charge in [-0.1, -0.05) is 5.11 Å². The molecule has 14 heavy (non-hydrogen) atoms. The van der Waals surface area contributed by atoms with Crippen molar-refractivity contribution in [1.82, 2.24) is 5.32 Å². The van der Waals surface area contributed by atoms with E-state index in [4.69, 9.17) is 10.6 Å². The van der Waals surface area contributed by atoms with Crippen molar-refractivity contribution >= 4 is 11.9 Å². The topological polar surface area (TPSA) is 115 Å². The molecule has 0 spiro atoms. The Hall–Kier alpha value is -1.75. The summed E-state index contributed by atoms with van der Waals surface area (Å²) in [4.78, 5) is 23.6. The van der Waals surface area contributed by atoms with Crippen molar-refractivity contribution in [2.75, 3.05) is 13.1 Å². The van der Waals surface area contributed by atoms with E-state index in [2.05, 4.69) is 15.3 Å². The largest absolute Gasteiger partial charge is 0.481 e. The van der Waals surface area contributed by atoms with Crippen molar-refractivity contribution in [3.05, 3.63) is 10.4 Å². The second kappa shape index (κ2) is 7.88. The molecular formula is C7H12N4O3. The molecule has 0 atom stereocenters. The second-order valence-corrected chi connectivity index (χ2v) is 2.55. The maximum atomic E-state index is 10.9. The Bertz CT molecular complexity index is 237. The molecule has 0 aromatic rings. The number of hydrogen-bond donors (Lipinski definition) is 2. The van der Waals surface area contributed by atoms with Gasteiger partial charge in [0, 0.05) is 24.4 Å². The third kappa shape index (κ3) is 8.35. The molecule has 0 aliphatic rings. The first kappa shape index (κ1) is 12.2. The maximum absolute atomic E-state index is 10.9. The van der Waals surface area contributed by atoms with Crippen molar-refractivity contribution in [3.8, 4) is 0 Å². The molecule has 7 heteroatoms. The van der Waals surface area contributed by atoms with E-state index in [1.807, 2.05) is 0 Å². The van der Waals surface area contributed by atoms with E-state index >= 15 is 0 Å². The minimum atomic E-state index is -0.945. The van der Waals surface area contributed by atoms with Crippen LogP contribution in [0.15, 0.2) is 5.11 Å². The molecule has 2 N–H and O–H groups in total. The predicted octanol–water partition coefficient (Wildman–Crippen LogP) is 0.668. The van der Waals surface area contributed by atoms with Gasteiger partial charge in [0.15, 0.2) is 0 Å². The highest BCUT2D eigenvalue weighted by atomic mass is 16.4. The van der Waals surface area contributed by atoms with Crippen LogP contribution >= 0.6 is 0 Å². The van der Waals surface area contributed by atoms with Crippen molar-refractivity contribution in [1.29, 1.82) is 0 Å². The van der Waals surface area contributed by atoms with Crippen LogP contribution in [-0.2, 0) is 9.59 Å². The average Bonchev–Trinajstić information content (AvgIpc) is 2.12. The minimum absolute atomic E-state index is 0.0813. The molecule has 0 heterocycles. The fourth-order valence-electron chi connectivity index (χ4n) is 0.752. The van der Waals surface area contributed by atoms with Gasteiger partial charge in [-0.25, -0.2) is 0 Å². The van der Waals surface area contributed by atoms with Crippen LogP contribution in [0.4, 0.5) is 0 Å². The molecule has 0 fully saturated rings. The summed E-state index contributed by atoms with van der Waals surface area (Å²) in [5, 5.41) is 14.0. The lowest BCUT2D eigenvalue weighted by atomic mass is 10.3. The number of carbonyl (C=O) groups excluding carboxylic acids is 1. The molecule has 0 aromatic heterocycles. The number of nitrogens with zero attached hydrogens (tertiary/aromatic N) is 3. The van der Waals surface area contributed by atoms with E-state index in [0.29, 0.717) is 6.42 Å². The summed E-state index contributed by atoms with van der Waals surface area (Å²) >= 11 is 0. The Labute approximate surface area is 80.7 Å². The van der Waals surface area contributed by atoms with Crippen molar-refractivity contribution in [2.45, 2.75) is 19.3 Å². The number of hydrogen-bond acceptors (Lipinski definition) is 3. The van der Waals surface area contributed by atoms with Crippen molar-refractivity contribution in [3.63, 3.8) is 0 Å². The summed E-state index contributed by atoms with van der Waals surface area (Å²) in [7, 11) is 0. The molecule has 0 unspecified atom stereocenters. The number of rotatable bonds is 7. The number of azide groups is 1. The van der Waals surface area contributed by atoms with Gasteiger partial charge in [-0.05, 0) is 12.0 Å². The molecule has 0 aliphatic carbocycles. The summed E-state index contributed by atoms with van der Waals surface area (Å²) in [5.74, 6) is -1.17. The Morgan fingerprint density at radius 3 is 2.71 bits per heavy atom. The SMILES string of the molecule is [N-]=[N+]=NCCCC(=O)NCCC(=O)O. The highest BCUT2D eigenvalue weighted by Crippen LogP contribution is 1.90. The monoisotopic (exact) mass is 200 g/mol. The standard InChI is InChI=1S/C7H12N4O3/c8-11-10-4-1-2-6(12)9-5-3-7(13)14/h1-5H2,(H,9,12)(H,13,14). The van der Waals surface area contributed by atoms with Gasteiger partial charge in [0.05, 0.1) is 6.42 Å². The number of nitrogens with one attached hydrogen (secondary N) is 1. The summed E-state index contributed by atoms with van der Waals surface area (Å²) in [6, 6.07) is 0. The number of carboxylic acids is 1. The van der Waals surface area contributed by atoms with E-state index in [1.54, 1.807) is 0 Å². The molecule has 0 aromatic carbocycles. The highest BCUT2D eigenvalue weighted by Gasteiger charge is 2.01. The van der Waals surface area contributed by atoms with Crippen molar-refractivity contribution in [2.24, 2.45) is 5.11 Å². The van der Waals surface area contributed by atoms with E-state index in [0.717, 1.165) is 0 Å². The normalized spacial score (nSPS) is 8.86. The third-order valence-corrected chi connectivity index (χ3v) is 1.39. The third-order valence-electron chi connectivity index (χ3n) is 1.39. The lowest BCUT2D eigenvalue weighted by Crippen LogP contribution is -2.25. The van der Waals surface area contributed by atoms with Crippen LogP contribution < -0.4 is 5.32 Å². The smallest absolute Gasteiger partial charge is 0.305 e. The Balaban J connectivity index is 3.36. The van der Waals surface area contributed by atoms with Crippen LogP contribution in [-0.4, -0.2) is 30.1 Å². The van der Waals surface area contributed by atoms with Crippen LogP contribution in [0, 0.1) is 0 Å². The fourth-order valence-corrected chi connectivity index (χ4v) is 0.752. The van der Waals surface area contributed by atoms with Gasteiger partial charge in [0.1, 0.15) is 0 Å². The molecular weight excluding hydrogens is 188 g/mol. The van der Waals surface area contributed by atoms with Crippen LogP contribution in [0.5, 0.6) is 0 Å². The number of amides is 1. The second-order valence-electron chi connectivity index (χ2n) is 2.55. The molecule has 7 nitrogen and oxygen atoms in total. The Morgan fingerprint density at radius 2 is 2.14 bits per heavy atom. The molecule has 0 saturated carbocycles. The first-order chi connectivity index (χ1) is 6.66. The molecule has 0 saturated heterocycles. The zero-order valence-electron chi connectivity index (χ0n) is 7.64. The summed E-state index contributed by atoms with van der Waals surface area (Å²) in [5.41, 5.74) is 7.93.